The van der Waals surface area contributed by atoms with E-state index >= 15 is 0 Å². The molecule has 2 aromatic rings. The van der Waals surface area contributed by atoms with Gasteiger partial charge in [-0.1, -0.05) is 31.9 Å². The molecule has 2 atom stereocenters. The summed E-state index contributed by atoms with van der Waals surface area (Å²) in [5.41, 5.74) is 9.24. The summed E-state index contributed by atoms with van der Waals surface area (Å²) in [5, 5.41) is 10.9. The molecule has 1 aromatic carbocycles. The third kappa shape index (κ3) is 4.25. The van der Waals surface area contributed by atoms with E-state index in [2.05, 4.69) is 55.6 Å². The van der Waals surface area contributed by atoms with Gasteiger partial charge in [0, 0.05) is 49.9 Å². The number of allylic oxidation sites excluding steroid dienone is 2. The van der Waals surface area contributed by atoms with E-state index in [1.54, 1.807) is 7.11 Å². The van der Waals surface area contributed by atoms with Gasteiger partial charge >= 0.3 is 0 Å². The first kappa shape index (κ1) is 24.4. The zero-order valence-corrected chi connectivity index (χ0v) is 21.8. The number of rotatable bonds is 7. The number of benzene rings is 1. The maximum absolute atomic E-state index is 13.4. The number of carbonyl (C=O) groups is 1. The monoisotopic (exact) mass is 493 g/mol. The molecule has 3 heterocycles. The molecule has 9 nitrogen and oxygen atoms in total. The lowest BCUT2D eigenvalue weighted by molar-refractivity contribution is -0.123. The average Bonchev–Trinajstić information content (AvgIpc) is 3.51. The number of hydrogen-bond acceptors (Lipinski definition) is 7. The number of ether oxygens (including phenoxy) is 1. The van der Waals surface area contributed by atoms with Crippen LogP contribution in [-0.2, 0) is 11.3 Å². The predicted molar refractivity (Wildman–Crippen MR) is 143 cm³/mol. The lowest BCUT2D eigenvalue weighted by Crippen LogP contribution is -2.76. The highest BCUT2D eigenvalue weighted by molar-refractivity contribution is 5.95. The van der Waals surface area contributed by atoms with Crippen LogP contribution in [0.5, 0.6) is 5.75 Å². The molecule has 1 fully saturated rings. The number of carbonyl (C=O) groups excluding carboxylic acids is 1. The van der Waals surface area contributed by atoms with E-state index in [9.17, 15) is 4.79 Å². The minimum atomic E-state index is -1.38. The van der Waals surface area contributed by atoms with Gasteiger partial charge in [-0.15, -0.1) is 0 Å². The summed E-state index contributed by atoms with van der Waals surface area (Å²) < 4.78 is 7.90. The fourth-order valence-corrected chi connectivity index (χ4v) is 5.97. The Balaban J connectivity index is 1.49. The lowest BCUT2D eigenvalue weighted by Gasteiger charge is -2.52. The fourth-order valence-electron chi connectivity index (χ4n) is 5.97. The van der Waals surface area contributed by atoms with E-state index in [1.807, 2.05) is 32.2 Å². The summed E-state index contributed by atoms with van der Waals surface area (Å²) in [6.07, 6.45) is 11.9. The van der Waals surface area contributed by atoms with Gasteiger partial charge in [-0.2, -0.15) is 0 Å². The topological polar surface area (TPSA) is 99.8 Å². The first-order valence-electron chi connectivity index (χ1n) is 13.1. The molecule has 0 radical (unpaired) electrons. The maximum atomic E-state index is 13.4. The Morgan fingerprint density at radius 3 is 2.75 bits per heavy atom. The van der Waals surface area contributed by atoms with Crippen molar-refractivity contribution in [2.45, 2.75) is 70.5 Å². The fraction of sp³-hybridized carbons (Fsp3) is 0.519. The van der Waals surface area contributed by atoms with Gasteiger partial charge in [-0.05, 0) is 38.3 Å². The zero-order valence-electron chi connectivity index (χ0n) is 21.8. The number of methoxy groups -OCH3 is 1. The van der Waals surface area contributed by atoms with E-state index < -0.39 is 5.91 Å². The summed E-state index contributed by atoms with van der Waals surface area (Å²) in [5.74, 6) is -0.0869. The summed E-state index contributed by atoms with van der Waals surface area (Å²) in [6, 6.07) is 6.83. The van der Waals surface area contributed by atoms with Crippen LogP contribution >= 0.6 is 0 Å². The van der Waals surface area contributed by atoms with Gasteiger partial charge < -0.3 is 29.7 Å². The molecule has 3 aliphatic rings. The Hall–Kier alpha value is -3.33. The van der Waals surface area contributed by atoms with E-state index in [4.69, 9.17) is 10.5 Å². The van der Waals surface area contributed by atoms with Gasteiger partial charge in [0.05, 0.1) is 18.3 Å². The van der Waals surface area contributed by atoms with Crippen LogP contribution in [0, 0.1) is 0 Å². The first-order chi connectivity index (χ1) is 17.4. The highest BCUT2D eigenvalue weighted by Gasteiger charge is 2.45. The van der Waals surface area contributed by atoms with Crippen LogP contribution in [0.25, 0.3) is 10.9 Å². The number of anilines is 1. The standard InChI is InChI=1S/C27H39N7O2/c1-5-7-13-33-14-12-18-15-21(23(36-4)16-22(18)33)29-27(28)30-25-24(26(35)31-27)32(3)17-19(6-2)34(25)20-10-8-9-11-20/h5,7,12,14-16,19-20,29-30H,6,8-11,13,17,28H2,1-4H3,(H,31,35). The third-order valence-corrected chi connectivity index (χ3v) is 7.73. The first-order valence-corrected chi connectivity index (χ1v) is 13.1. The van der Waals surface area contributed by atoms with Gasteiger partial charge in [-0.25, -0.2) is 0 Å². The van der Waals surface area contributed by atoms with Gasteiger partial charge in [-0.3, -0.25) is 15.8 Å². The van der Waals surface area contributed by atoms with Crippen molar-refractivity contribution in [3.63, 3.8) is 0 Å². The van der Waals surface area contributed by atoms with E-state index in [0.717, 1.165) is 49.1 Å². The van der Waals surface area contributed by atoms with Crippen molar-refractivity contribution in [2.75, 3.05) is 26.0 Å². The van der Waals surface area contributed by atoms with Gasteiger partial charge in [0.15, 0.2) is 0 Å². The molecule has 5 N–H and O–H groups in total. The number of likely N-dealkylation sites (N-methyl/N-ethyl adjacent to an activating group) is 1. The Morgan fingerprint density at radius 1 is 1.28 bits per heavy atom. The highest BCUT2D eigenvalue weighted by atomic mass is 16.5. The molecular weight excluding hydrogens is 454 g/mol. The normalized spacial score (nSPS) is 24.9. The number of amides is 1. The van der Waals surface area contributed by atoms with Crippen molar-refractivity contribution in [3.8, 4) is 5.75 Å². The smallest absolute Gasteiger partial charge is 0.275 e. The van der Waals surface area contributed by atoms with Crippen molar-refractivity contribution in [1.29, 1.82) is 0 Å². The van der Waals surface area contributed by atoms with Crippen molar-refractivity contribution >= 4 is 22.5 Å². The van der Waals surface area contributed by atoms with Crippen molar-refractivity contribution in [1.82, 2.24) is 25.0 Å². The predicted octanol–water partition coefficient (Wildman–Crippen LogP) is 3.07. The minimum absolute atomic E-state index is 0.184. The molecular formula is C27H39N7O2. The maximum Gasteiger partial charge on any atom is 0.275 e. The number of fused-ring (bicyclic) bond motifs is 1. The summed E-state index contributed by atoms with van der Waals surface area (Å²) in [7, 11) is 3.63. The minimum Gasteiger partial charge on any atom is -0.495 e. The quantitative estimate of drug-likeness (QED) is 0.348. The second-order valence-corrected chi connectivity index (χ2v) is 10.1. The Kier molecular flexibility index (Phi) is 6.51. The summed E-state index contributed by atoms with van der Waals surface area (Å²) >= 11 is 0. The SMILES string of the molecule is CC=CCn1ccc2cc(NC3(N)NC(=O)C4=C(N3)N(C3CCCC3)C(CC)CN4C)c(OC)cc21. The molecule has 194 valence electrons. The van der Waals surface area contributed by atoms with Crippen LogP contribution in [0.4, 0.5) is 5.69 Å². The number of hydrogen-bond donors (Lipinski definition) is 4. The van der Waals surface area contributed by atoms with E-state index in [1.165, 1.54) is 12.8 Å². The second-order valence-electron chi connectivity index (χ2n) is 10.1. The highest BCUT2D eigenvalue weighted by Crippen LogP contribution is 2.36. The Morgan fingerprint density at radius 2 is 2.06 bits per heavy atom. The molecule has 2 aliphatic heterocycles. The Labute approximate surface area is 213 Å². The van der Waals surface area contributed by atoms with Crippen LogP contribution < -0.4 is 26.4 Å². The Bertz CT molecular complexity index is 1200. The second kappa shape index (κ2) is 9.61. The van der Waals surface area contributed by atoms with Crippen LogP contribution in [0.15, 0.2) is 48.1 Å². The van der Waals surface area contributed by atoms with Crippen molar-refractivity contribution in [2.24, 2.45) is 5.73 Å². The number of aromatic nitrogens is 1. The van der Waals surface area contributed by atoms with Crippen LogP contribution in [0.3, 0.4) is 0 Å². The van der Waals surface area contributed by atoms with Crippen molar-refractivity contribution < 1.29 is 9.53 Å². The van der Waals surface area contributed by atoms with E-state index in [-0.39, 0.29) is 5.91 Å². The van der Waals surface area contributed by atoms with Crippen molar-refractivity contribution in [3.05, 3.63) is 48.1 Å². The number of nitrogens with zero attached hydrogens (tertiary/aromatic N) is 3. The van der Waals surface area contributed by atoms with Gasteiger partial charge in [0.2, 0.25) is 5.91 Å². The molecule has 0 bridgehead atoms. The summed E-state index contributed by atoms with van der Waals surface area (Å²) in [4.78, 5) is 17.9. The molecule has 5 rings (SSSR count). The third-order valence-electron chi connectivity index (χ3n) is 7.73. The van der Waals surface area contributed by atoms with Gasteiger partial charge in [0.25, 0.3) is 5.91 Å². The molecule has 1 saturated carbocycles. The van der Waals surface area contributed by atoms with Crippen LogP contribution in [0.1, 0.15) is 46.0 Å². The van der Waals surface area contributed by atoms with Crippen LogP contribution in [-0.4, -0.2) is 59.0 Å². The molecule has 2 unspecified atom stereocenters. The largest absolute Gasteiger partial charge is 0.495 e. The summed E-state index contributed by atoms with van der Waals surface area (Å²) in [6.45, 7) is 5.84. The molecule has 1 aliphatic carbocycles. The lowest BCUT2D eigenvalue weighted by atomic mass is 10.0. The zero-order chi connectivity index (χ0) is 25.4. The number of nitrogens with two attached hydrogens (primary N) is 1. The van der Waals surface area contributed by atoms with E-state index in [0.29, 0.717) is 29.2 Å². The molecule has 9 heteroatoms. The molecule has 36 heavy (non-hydrogen) atoms. The average molecular weight is 494 g/mol. The molecule has 0 spiro atoms. The van der Waals surface area contributed by atoms with Crippen LogP contribution in [0.2, 0.25) is 0 Å². The number of nitrogens with one attached hydrogen (secondary N) is 3. The molecule has 1 amide bonds. The molecule has 0 saturated heterocycles. The van der Waals surface area contributed by atoms with Gasteiger partial charge in [0.1, 0.15) is 17.3 Å². The molecule has 1 aromatic heterocycles.